The first-order chi connectivity index (χ1) is 20.1. The van der Waals surface area contributed by atoms with Gasteiger partial charge in [-0.3, -0.25) is 4.90 Å². The van der Waals surface area contributed by atoms with Crippen LogP contribution in [0.15, 0.2) is 48.8 Å². The third-order valence-corrected chi connectivity index (χ3v) is 8.85. The molecule has 0 spiro atoms. The van der Waals surface area contributed by atoms with Crippen molar-refractivity contribution in [1.82, 2.24) is 29.6 Å². The molecule has 1 aliphatic heterocycles. The number of piperazine rings is 1. The number of fused-ring (bicyclic) bond motifs is 3. The molecule has 4 aromatic rings. The maximum Gasteiger partial charge on any atom is 0.248 e. The SMILES string of the molecule is Nc1nc(Nc2ccc(N3CCN(C4CCCCC4)CC3)c(F)c2)nn1-c1ncnc2c1CCCc1ccccc1-2. The number of aryl methyl sites for hydroxylation is 1. The molecule has 212 valence electrons. The Labute approximate surface area is 239 Å². The lowest BCUT2D eigenvalue weighted by Gasteiger charge is -2.41. The highest BCUT2D eigenvalue weighted by molar-refractivity contribution is 5.70. The highest BCUT2D eigenvalue weighted by Crippen LogP contribution is 2.34. The molecule has 1 saturated carbocycles. The second kappa shape index (κ2) is 11.1. The molecular formula is C31H36FN9. The zero-order valence-corrected chi connectivity index (χ0v) is 23.3. The number of nitrogens with zero attached hydrogens (tertiary/aromatic N) is 7. The molecule has 2 aromatic heterocycles. The van der Waals surface area contributed by atoms with Crippen molar-refractivity contribution in [3.05, 3.63) is 65.7 Å². The molecule has 10 heteroatoms. The minimum Gasteiger partial charge on any atom is -0.368 e. The molecular weight excluding hydrogens is 517 g/mol. The first-order valence-electron chi connectivity index (χ1n) is 14.8. The van der Waals surface area contributed by atoms with Crippen molar-refractivity contribution in [3.63, 3.8) is 0 Å². The average molecular weight is 554 g/mol. The van der Waals surface area contributed by atoms with Crippen molar-refractivity contribution in [2.75, 3.05) is 42.1 Å². The van der Waals surface area contributed by atoms with E-state index in [0.717, 1.165) is 62.3 Å². The Kier molecular flexibility index (Phi) is 7.00. The first-order valence-corrected chi connectivity index (χ1v) is 14.8. The molecule has 0 unspecified atom stereocenters. The summed E-state index contributed by atoms with van der Waals surface area (Å²) in [5.74, 6) is 0.864. The van der Waals surface area contributed by atoms with Crippen LogP contribution in [0.1, 0.15) is 49.7 Å². The van der Waals surface area contributed by atoms with E-state index in [0.29, 0.717) is 23.2 Å². The molecule has 0 atom stereocenters. The Hall–Kier alpha value is -4.05. The van der Waals surface area contributed by atoms with Crippen molar-refractivity contribution >= 4 is 23.3 Å². The van der Waals surface area contributed by atoms with Gasteiger partial charge in [-0.2, -0.15) is 9.67 Å². The molecule has 2 aliphatic carbocycles. The number of nitrogens with two attached hydrogens (primary N) is 1. The quantitative estimate of drug-likeness (QED) is 0.351. The Bertz CT molecular complexity index is 1540. The number of nitrogen functional groups attached to an aromatic ring is 1. The first kappa shape index (κ1) is 25.9. The Morgan fingerprint density at radius 3 is 2.56 bits per heavy atom. The Morgan fingerprint density at radius 2 is 1.73 bits per heavy atom. The van der Waals surface area contributed by atoms with Crippen molar-refractivity contribution in [3.8, 4) is 17.1 Å². The summed E-state index contributed by atoms with van der Waals surface area (Å²) >= 11 is 0. The van der Waals surface area contributed by atoms with Gasteiger partial charge in [0.15, 0.2) is 5.82 Å². The molecule has 1 saturated heterocycles. The van der Waals surface area contributed by atoms with E-state index in [9.17, 15) is 0 Å². The van der Waals surface area contributed by atoms with E-state index in [4.69, 9.17) is 5.73 Å². The van der Waals surface area contributed by atoms with E-state index in [1.54, 1.807) is 11.0 Å². The summed E-state index contributed by atoms with van der Waals surface area (Å²) in [7, 11) is 0. The second-order valence-electron chi connectivity index (χ2n) is 11.3. The van der Waals surface area contributed by atoms with Gasteiger partial charge in [-0.25, -0.2) is 14.4 Å². The van der Waals surface area contributed by atoms with Gasteiger partial charge in [-0.05, 0) is 55.9 Å². The summed E-state index contributed by atoms with van der Waals surface area (Å²) in [6.07, 6.45) is 11.0. The summed E-state index contributed by atoms with van der Waals surface area (Å²) in [5, 5.41) is 7.74. The molecule has 0 radical (unpaired) electrons. The fraction of sp³-hybridized carbons (Fsp3) is 0.419. The standard InChI is InChI=1S/C31H36FN9/c32-26-19-22(13-14-27(26)40-17-15-39(16-18-40)23-9-2-1-3-10-23)36-31-37-30(33)41(38-31)29-25-12-6-8-21-7-4-5-11-24(21)28(25)34-20-35-29/h4-5,7,11,13-14,19-20,23H,1-3,6,8-10,12,15-18H2,(H3,33,36,37,38). The zero-order chi connectivity index (χ0) is 27.8. The van der Waals surface area contributed by atoms with Crippen LogP contribution in [0.2, 0.25) is 0 Å². The maximum atomic E-state index is 15.3. The normalized spacial score (nSPS) is 18.0. The minimum absolute atomic E-state index is 0.207. The van der Waals surface area contributed by atoms with E-state index in [1.807, 2.05) is 18.2 Å². The highest BCUT2D eigenvalue weighted by Gasteiger charge is 2.26. The molecule has 3 aliphatic rings. The topological polar surface area (TPSA) is 101 Å². The fourth-order valence-corrected chi connectivity index (χ4v) is 6.75. The van der Waals surface area contributed by atoms with Crippen molar-refractivity contribution in [2.45, 2.75) is 57.4 Å². The molecule has 0 bridgehead atoms. The maximum absolute atomic E-state index is 15.3. The Balaban J connectivity index is 1.07. The van der Waals surface area contributed by atoms with Gasteiger partial charge in [-0.1, -0.05) is 43.5 Å². The lowest BCUT2D eigenvalue weighted by atomic mass is 9.94. The predicted octanol–water partition coefficient (Wildman–Crippen LogP) is 5.13. The van der Waals surface area contributed by atoms with Crippen LogP contribution in [-0.4, -0.2) is 61.9 Å². The summed E-state index contributed by atoms with van der Waals surface area (Å²) < 4.78 is 16.9. The van der Waals surface area contributed by atoms with Gasteiger partial charge in [0.05, 0.1) is 11.4 Å². The largest absolute Gasteiger partial charge is 0.368 e. The molecule has 3 N–H and O–H groups in total. The van der Waals surface area contributed by atoms with Crippen molar-refractivity contribution < 1.29 is 4.39 Å². The number of hydrogen-bond acceptors (Lipinski definition) is 8. The highest BCUT2D eigenvalue weighted by atomic mass is 19.1. The van der Waals surface area contributed by atoms with E-state index in [-0.39, 0.29) is 17.7 Å². The predicted molar refractivity (Wildman–Crippen MR) is 159 cm³/mol. The average Bonchev–Trinajstić information content (AvgIpc) is 3.25. The van der Waals surface area contributed by atoms with Gasteiger partial charge in [0, 0.05) is 49.0 Å². The van der Waals surface area contributed by atoms with Crippen LogP contribution in [0.4, 0.5) is 27.7 Å². The van der Waals surface area contributed by atoms with Crippen LogP contribution in [0.3, 0.4) is 0 Å². The van der Waals surface area contributed by atoms with Gasteiger partial charge in [0.2, 0.25) is 11.9 Å². The molecule has 3 heterocycles. The second-order valence-corrected chi connectivity index (χ2v) is 11.3. The third kappa shape index (κ3) is 5.12. The van der Waals surface area contributed by atoms with Gasteiger partial charge >= 0.3 is 0 Å². The number of rotatable bonds is 5. The molecule has 2 aromatic carbocycles. The summed E-state index contributed by atoms with van der Waals surface area (Å²) in [6.45, 7) is 3.67. The number of anilines is 4. The van der Waals surface area contributed by atoms with E-state index in [2.05, 4.69) is 53.4 Å². The van der Waals surface area contributed by atoms with Crippen molar-refractivity contribution in [1.29, 1.82) is 0 Å². The third-order valence-electron chi connectivity index (χ3n) is 8.85. The molecule has 2 fully saturated rings. The van der Waals surface area contributed by atoms with Gasteiger partial charge in [-0.15, -0.1) is 5.10 Å². The number of nitrogens with one attached hydrogen (secondary N) is 1. The minimum atomic E-state index is -0.256. The Morgan fingerprint density at radius 1 is 0.902 bits per heavy atom. The summed E-state index contributed by atoms with van der Waals surface area (Å²) in [4.78, 5) is 18.3. The van der Waals surface area contributed by atoms with Crippen molar-refractivity contribution in [2.24, 2.45) is 0 Å². The van der Waals surface area contributed by atoms with Crippen LogP contribution in [0.25, 0.3) is 17.1 Å². The van der Waals surface area contributed by atoms with Gasteiger partial charge in [0.25, 0.3) is 0 Å². The zero-order valence-electron chi connectivity index (χ0n) is 23.3. The molecule has 7 rings (SSSR count). The number of halogens is 1. The van der Waals surface area contributed by atoms with E-state index < -0.39 is 0 Å². The van der Waals surface area contributed by atoms with Crippen LogP contribution in [0.5, 0.6) is 0 Å². The van der Waals surface area contributed by atoms with Gasteiger partial charge in [0.1, 0.15) is 12.1 Å². The van der Waals surface area contributed by atoms with Crippen LogP contribution in [0, 0.1) is 5.82 Å². The molecule has 9 nitrogen and oxygen atoms in total. The van der Waals surface area contributed by atoms with Gasteiger partial charge < -0.3 is 16.0 Å². The molecule has 41 heavy (non-hydrogen) atoms. The molecule has 0 amide bonds. The number of aromatic nitrogens is 5. The summed E-state index contributed by atoms with van der Waals surface area (Å²) in [5.41, 5.74) is 11.8. The van der Waals surface area contributed by atoms with Crippen LogP contribution < -0.4 is 16.0 Å². The fourth-order valence-electron chi connectivity index (χ4n) is 6.75. The van der Waals surface area contributed by atoms with E-state index >= 15 is 4.39 Å². The smallest absolute Gasteiger partial charge is 0.248 e. The van der Waals surface area contributed by atoms with Crippen LogP contribution >= 0.6 is 0 Å². The lowest BCUT2D eigenvalue weighted by molar-refractivity contribution is 0.147. The van der Waals surface area contributed by atoms with E-state index in [1.165, 1.54) is 43.7 Å². The lowest BCUT2D eigenvalue weighted by Crippen LogP contribution is -2.51. The summed E-state index contributed by atoms with van der Waals surface area (Å²) in [6, 6.07) is 14.3. The number of benzene rings is 2. The monoisotopic (exact) mass is 553 g/mol. The van der Waals surface area contributed by atoms with Crippen LogP contribution in [-0.2, 0) is 12.8 Å². The number of hydrogen-bond donors (Lipinski definition) is 2.